The molecular formula is C13H18N2O5. The van der Waals surface area contributed by atoms with Crippen LogP contribution < -0.4 is 15.4 Å². The van der Waals surface area contributed by atoms with E-state index < -0.39 is 18.1 Å². The molecule has 20 heavy (non-hydrogen) atoms. The van der Waals surface area contributed by atoms with Crippen molar-refractivity contribution in [2.24, 2.45) is 0 Å². The lowest BCUT2D eigenvalue weighted by atomic mass is 10.2. The second-order valence-corrected chi connectivity index (χ2v) is 4.06. The Hall–Kier alpha value is -2.28. The summed E-state index contributed by atoms with van der Waals surface area (Å²) in [5.41, 5.74) is 0.829. The van der Waals surface area contributed by atoms with Gasteiger partial charge in [-0.15, -0.1) is 0 Å². The Bertz CT molecular complexity index is 464. The van der Waals surface area contributed by atoms with Gasteiger partial charge in [-0.25, -0.2) is 9.59 Å². The maximum absolute atomic E-state index is 11.5. The average molecular weight is 282 g/mol. The van der Waals surface area contributed by atoms with Gasteiger partial charge in [0.15, 0.2) is 6.10 Å². The van der Waals surface area contributed by atoms with Gasteiger partial charge < -0.3 is 25.6 Å². The van der Waals surface area contributed by atoms with Crippen molar-refractivity contribution < 1.29 is 24.5 Å². The van der Waals surface area contributed by atoms with Crippen LogP contribution in [0.3, 0.4) is 0 Å². The van der Waals surface area contributed by atoms with Crippen molar-refractivity contribution in [2.45, 2.75) is 19.1 Å². The van der Waals surface area contributed by atoms with Gasteiger partial charge >= 0.3 is 12.0 Å². The van der Waals surface area contributed by atoms with Crippen molar-refractivity contribution in [1.82, 2.24) is 10.6 Å². The van der Waals surface area contributed by atoms with Gasteiger partial charge in [0.05, 0.1) is 7.11 Å². The molecule has 7 nitrogen and oxygen atoms in total. The summed E-state index contributed by atoms with van der Waals surface area (Å²) in [5.74, 6) is -0.629. The topological polar surface area (TPSA) is 108 Å². The van der Waals surface area contributed by atoms with Gasteiger partial charge in [0.1, 0.15) is 5.75 Å². The highest BCUT2D eigenvalue weighted by molar-refractivity contribution is 5.74. The highest BCUT2D eigenvalue weighted by Gasteiger charge is 2.12. The predicted octanol–water partition coefficient (Wildman–Crippen LogP) is 0.330. The number of nitrogens with one attached hydrogen (secondary N) is 2. The molecule has 0 radical (unpaired) electrons. The van der Waals surface area contributed by atoms with Crippen molar-refractivity contribution in [1.29, 1.82) is 0 Å². The molecule has 0 aliphatic carbocycles. The fraction of sp³-hybridized carbons (Fsp3) is 0.385. The number of carbonyl (C=O) groups excluding carboxylic acids is 1. The van der Waals surface area contributed by atoms with Gasteiger partial charge in [0, 0.05) is 25.1 Å². The molecule has 7 heteroatoms. The molecule has 0 heterocycles. The normalized spacial score (nSPS) is 11.5. The molecule has 1 unspecified atom stereocenters. The Labute approximate surface area is 116 Å². The van der Waals surface area contributed by atoms with Crippen molar-refractivity contribution >= 4 is 12.0 Å². The fourth-order valence-corrected chi connectivity index (χ4v) is 1.53. The Morgan fingerprint density at radius 3 is 2.65 bits per heavy atom. The van der Waals surface area contributed by atoms with E-state index in [1.807, 2.05) is 18.2 Å². The van der Waals surface area contributed by atoms with Crippen LogP contribution in [0.1, 0.15) is 12.0 Å². The molecule has 0 aromatic heterocycles. The molecular weight excluding hydrogens is 264 g/mol. The number of urea groups is 1. The van der Waals surface area contributed by atoms with Gasteiger partial charge in [-0.05, 0) is 6.07 Å². The lowest BCUT2D eigenvalue weighted by molar-refractivity contribution is -0.146. The smallest absolute Gasteiger partial charge is 0.332 e. The van der Waals surface area contributed by atoms with Gasteiger partial charge in [0.2, 0.25) is 0 Å². The van der Waals surface area contributed by atoms with E-state index in [9.17, 15) is 9.59 Å². The first-order valence-electron chi connectivity index (χ1n) is 6.09. The van der Waals surface area contributed by atoms with Crippen LogP contribution in [0.4, 0.5) is 4.79 Å². The molecule has 1 aromatic rings. The van der Waals surface area contributed by atoms with E-state index in [0.717, 1.165) is 5.56 Å². The van der Waals surface area contributed by atoms with Crippen LogP contribution in [0.2, 0.25) is 0 Å². The molecule has 0 saturated carbocycles. The molecule has 0 aliphatic rings. The summed E-state index contributed by atoms with van der Waals surface area (Å²) in [6, 6.07) is 6.84. The van der Waals surface area contributed by atoms with E-state index in [4.69, 9.17) is 14.9 Å². The molecule has 0 aliphatic heterocycles. The van der Waals surface area contributed by atoms with Crippen LogP contribution in [0.25, 0.3) is 0 Å². The number of aliphatic hydroxyl groups excluding tert-OH is 1. The van der Waals surface area contributed by atoms with Crippen LogP contribution >= 0.6 is 0 Å². The fourth-order valence-electron chi connectivity index (χ4n) is 1.53. The highest BCUT2D eigenvalue weighted by Crippen LogP contribution is 2.16. The number of benzene rings is 1. The number of para-hydroxylation sites is 1. The zero-order chi connectivity index (χ0) is 15.0. The van der Waals surface area contributed by atoms with Crippen LogP contribution in [0.15, 0.2) is 24.3 Å². The number of ether oxygens (including phenoxy) is 1. The number of carbonyl (C=O) groups is 2. The SMILES string of the molecule is COc1ccccc1CNC(=O)NCCC(O)C(=O)O. The molecule has 4 N–H and O–H groups in total. The second kappa shape index (κ2) is 8.00. The zero-order valence-electron chi connectivity index (χ0n) is 11.1. The number of rotatable bonds is 7. The molecule has 1 rings (SSSR count). The molecule has 1 aromatic carbocycles. The molecule has 0 spiro atoms. The summed E-state index contributed by atoms with van der Waals surface area (Å²) in [5, 5.41) is 22.6. The number of hydrogen-bond donors (Lipinski definition) is 4. The van der Waals surface area contributed by atoms with E-state index in [1.54, 1.807) is 13.2 Å². The van der Waals surface area contributed by atoms with E-state index in [1.165, 1.54) is 0 Å². The van der Waals surface area contributed by atoms with Crippen LogP contribution in [-0.4, -0.2) is 42.0 Å². The Kier molecular flexibility index (Phi) is 6.31. The lowest BCUT2D eigenvalue weighted by Gasteiger charge is -2.11. The number of aliphatic hydroxyl groups is 1. The van der Waals surface area contributed by atoms with Gasteiger partial charge in [-0.1, -0.05) is 18.2 Å². The molecule has 0 fully saturated rings. The van der Waals surface area contributed by atoms with E-state index in [-0.39, 0.29) is 19.5 Å². The summed E-state index contributed by atoms with van der Waals surface area (Å²) in [7, 11) is 1.55. The Morgan fingerprint density at radius 2 is 2.00 bits per heavy atom. The minimum absolute atomic E-state index is 0.0442. The minimum Gasteiger partial charge on any atom is -0.496 e. The monoisotopic (exact) mass is 282 g/mol. The summed E-state index contributed by atoms with van der Waals surface area (Å²) < 4.78 is 5.15. The largest absolute Gasteiger partial charge is 0.496 e. The first-order chi connectivity index (χ1) is 9.54. The van der Waals surface area contributed by atoms with Crippen molar-refractivity contribution in [3.05, 3.63) is 29.8 Å². The van der Waals surface area contributed by atoms with Crippen molar-refractivity contribution in [2.75, 3.05) is 13.7 Å². The molecule has 1 atom stereocenters. The highest BCUT2D eigenvalue weighted by atomic mass is 16.5. The predicted molar refractivity (Wildman–Crippen MR) is 71.5 cm³/mol. The minimum atomic E-state index is -1.47. The quantitative estimate of drug-likeness (QED) is 0.576. The third-order valence-corrected chi connectivity index (χ3v) is 2.62. The third-order valence-electron chi connectivity index (χ3n) is 2.62. The Morgan fingerprint density at radius 1 is 1.30 bits per heavy atom. The van der Waals surface area contributed by atoms with E-state index >= 15 is 0 Å². The standard InChI is InChI=1S/C13H18N2O5/c1-20-11-5-3-2-4-9(11)8-15-13(19)14-7-6-10(16)12(17)18/h2-5,10,16H,6-8H2,1H3,(H,17,18)(H2,14,15,19). The van der Waals surface area contributed by atoms with Gasteiger partial charge in [0.25, 0.3) is 0 Å². The molecule has 110 valence electrons. The molecule has 0 saturated heterocycles. The average Bonchev–Trinajstić information content (AvgIpc) is 2.45. The number of carboxylic acids is 1. The van der Waals surface area contributed by atoms with Crippen LogP contribution in [0.5, 0.6) is 5.75 Å². The van der Waals surface area contributed by atoms with Crippen LogP contribution in [-0.2, 0) is 11.3 Å². The summed E-state index contributed by atoms with van der Waals surface area (Å²) in [6.45, 7) is 0.364. The summed E-state index contributed by atoms with van der Waals surface area (Å²) in [4.78, 5) is 21.8. The number of hydrogen-bond acceptors (Lipinski definition) is 4. The number of amides is 2. The van der Waals surface area contributed by atoms with Gasteiger partial charge in [-0.2, -0.15) is 0 Å². The van der Waals surface area contributed by atoms with Crippen molar-refractivity contribution in [3.8, 4) is 5.75 Å². The summed E-state index contributed by atoms with van der Waals surface area (Å²) in [6.07, 6.45) is -1.51. The zero-order valence-corrected chi connectivity index (χ0v) is 11.1. The second-order valence-electron chi connectivity index (χ2n) is 4.06. The maximum atomic E-state index is 11.5. The molecule has 2 amide bonds. The van der Waals surface area contributed by atoms with Gasteiger partial charge in [-0.3, -0.25) is 0 Å². The summed E-state index contributed by atoms with van der Waals surface area (Å²) >= 11 is 0. The van der Waals surface area contributed by atoms with E-state index in [2.05, 4.69) is 10.6 Å². The lowest BCUT2D eigenvalue weighted by Crippen LogP contribution is -2.37. The third kappa shape index (κ3) is 5.15. The maximum Gasteiger partial charge on any atom is 0.332 e. The van der Waals surface area contributed by atoms with Crippen molar-refractivity contribution in [3.63, 3.8) is 0 Å². The van der Waals surface area contributed by atoms with Crippen LogP contribution in [0, 0.1) is 0 Å². The number of methoxy groups -OCH3 is 1. The number of carboxylic acid groups (broad SMARTS) is 1. The Balaban J connectivity index is 2.31. The molecule has 0 bridgehead atoms. The number of aliphatic carboxylic acids is 1. The first kappa shape index (κ1) is 15.8. The first-order valence-corrected chi connectivity index (χ1v) is 6.09. The van der Waals surface area contributed by atoms with E-state index in [0.29, 0.717) is 5.75 Å².